The van der Waals surface area contributed by atoms with E-state index in [1.165, 1.54) is 36.4 Å². The maximum absolute atomic E-state index is 14.7. The number of alkyl halides is 2. The van der Waals surface area contributed by atoms with Gasteiger partial charge in [-0.2, -0.15) is 0 Å². The van der Waals surface area contributed by atoms with Gasteiger partial charge < -0.3 is 5.11 Å². The molecular formula is C15H14ClFO3S. The van der Waals surface area contributed by atoms with Gasteiger partial charge in [-0.3, -0.25) is 0 Å². The van der Waals surface area contributed by atoms with Crippen molar-refractivity contribution in [1.82, 2.24) is 0 Å². The van der Waals surface area contributed by atoms with E-state index < -0.39 is 20.4 Å². The van der Waals surface area contributed by atoms with Crippen LogP contribution in [0.5, 0.6) is 0 Å². The van der Waals surface area contributed by atoms with Crippen molar-refractivity contribution in [2.45, 2.75) is 22.4 Å². The lowest BCUT2D eigenvalue weighted by Gasteiger charge is -2.24. The number of hydrogen-bond donors (Lipinski definition) is 1. The van der Waals surface area contributed by atoms with Gasteiger partial charge in [-0.25, -0.2) is 12.8 Å². The van der Waals surface area contributed by atoms with Crippen LogP contribution in [-0.4, -0.2) is 18.0 Å². The fraction of sp³-hybridized carbons (Fsp3) is 0.200. The van der Waals surface area contributed by atoms with E-state index in [4.69, 9.17) is 11.6 Å². The molecule has 0 aromatic heterocycles. The topological polar surface area (TPSA) is 54.4 Å². The summed E-state index contributed by atoms with van der Waals surface area (Å²) < 4.78 is 35.9. The summed E-state index contributed by atoms with van der Waals surface area (Å²) in [7, 11) is -4.55. The van der Waals surface area contributed by atoms with E-state index in [1.807, 2.05) is 6.92 Å². The highest BCUT2D eigenvalue weighted by Crippen LogP contribution is 2.41. The molecule has 0 saturated carbocycles. The van der Waals surface area contributed by atoms with Gasteiger partial charge in [0.2, 0.25) is 9.84 Å². The molecule has 0 heterocycles. The number of rotatable bonds is 4. The molecule has 112 valence electrons. The third-order valence-electron chi connectivity index (χ3n) is 3.12. The molecule has 0 fully saturated rings. The average molecular weight is 329 g/mol. The number of hydrogen-bond acceptors (Lipinski definition) is 3. The van der Waals surface area contributed by atoms with E-state index in [9.17, 15) is 17.9 Å². The second-order valence-electron chi connectivity index (χ2n) is 4.69. The van der Waals surface area contributed by atoms with E-state index in [-0.39, 0.29) is 10.5 Å². The average Bonchev–Trinajstić information content (AvgIpc) is 2.48. The van der Waals surface area contributed by atoms with Crippen molar-refractivity contribution in [3.63, 3.8) is 0 Å². The Hall–Kier alpha value is -1.43. The first-order chi connectivity index (χ1) is 9.76. The lowest BCUT2D eigenvalue weighted by Crippen LogP contribution is -2.34. The van der Waals surface area contributed by atoms with Gasteiger partial charge in [0.25, 0.3) is 0 Å². The second-order valence-corrected chi connectivity index (χ2v) is 7.54. The summed E-state index contributed by atoms with van der Waals surface area (Å²) in [4.78, 5) is -0.284. The molecule has 0 amide bonds. The quantitative estimate of drug-likeness (QED) is 0.875. The predicted molar refractivity (Wildman–Crippen MR) is 79.5 cm³/mol. The molecular weight excluding hydrogens is 315 g/mol. The van der Waals surface area contributed by atoms with Crippen molar-refractivity contribution in [2.24, 2.45) is 0 Å². The fourth-order valence-corrected chi connectivity index (χ4v) is 3.50. The van der Waals surface area contributed by atoms with E-state index in [0.29, 0.717) is 0 Å². The van der Waals surface area contributed by atoms with Crippen LogP contribution >= 0.6 is 11.6 Å². The Morgan fingerprint density at radius 2 is 1.62 bits per heavy atom. The minimum atomic E-state index is -4.55. The van der Waals surface area contributed by atoms with Crippen LogP contribution in [0.1, 0.15) is 17.2 Å². The number of benzene rings is 2. The second kappa shape index (κ2) is 5.75. The summed E-state index contributed by atoms with van der Waals surface area (Å²) in [5, 5.41) is 10.1. The Bertz CT molecular complexity index is 712. The first kappa shape index (κ1) is 15.9. The molecule has 0 radical (unpaired) electrons. The van der Waals surface area contributed by atoms with Crippen LogP contribution in [0.4, 0.5) is 4.39 Å². The minimum Gasteiger partial charge on any atom is -0.382 e. The monoisotopic (exact) mass is 328 g/mol. The minimum absolute atomic E-state index is 0.0950. The summed E-state index contributed by atoms with van der Waals surface area (Å²) in [6.07, 6.45) is -2.00. The lowest BCUT2D eigenvalue weighted by molar-refractivity contribution is 0.0961. The fourth-order valence-electron chi connectivity index (χ4n) is 1.85. The zero-order chi connectivity index (χ0) is 15.7. The molecule has 2 aromatic rings. The number of aliphatic hydroxyl groups is 1. The molecule has 2 aromatic carbocycles. The van der Waals surface area contributed by atoms with Gasteiger partial charge in [-0.15, -0.1) is 0 Å². The molecule has 3 nitrogen and oxygen atoms in total. The molecule has 0 bridgehead atoms. The van der Waals surface area contributed by atoms with Crippen LogP contribution in [0, 0.1) is 6.92 Å². The highest BCUT2D eigenvalue weighted by molar-refractivity contribution is 7.94. The molecule has 0 aliphatic heterocycles. The summed E-state index contributed by atoms with van der Waals surface area (Å²) in [5.41, 5.74) is 0.994. The van der Waals surface area contributed by atoms with Gasteiger partial charge in [-0.05, 0) is 24.6 Å². The van der Waals surface area contributed by atoms with Crippen molar-refractivity contribution in [3.8, 4) is 0 Å². The summed E-state index contributed by atoms with van der Waals surface area (Å²) in [5.74, 6) is 0. The van der Waals surface area contributed by atoms with Crippen molar-refractivity contribution in [1.29, 1.82) is 0 Å². The third-order valence-corrected chi connectivity index (χ3v) is 5.77. The van der Waals surface area contributed by atoms with Crippen LogP contribution in [0.25, 0.3) is 0 Å². The highest BCUT2D eigenvalue weighted by atomic mass is 35.5. The largest absolute Gasteiger partial charge is 0.382 e. The van der Waals surface area contributed by atoms with E-state index in [0.717, 1.165) is 5.56 Å². The Labute approximate surface area is 127 Å². The maximum atomic E-state index is 14.7. The number of halogens is 2. The van der Waals surface area contributed by atoms with E-state index in [1.54, 1.807) is 18.2 Å². The van der Waals surface area contributed by atoms with Crippen LogP contribution in [0.3, 0.4) is 0 Å². The molecule has 2 rings (SSSR count). The third kappa shape index (κ3) is 2.95. The maximum Gasteiger partial charge on any atom is 0.317 e. The van der Waals surface area contributed by atoms with Gasteiger partial charge in [0.1, 0.15) is 6.10 Å². The van der Waals surface area contributed by atoms with Crippen molar-refractivity contribution < 1.29 is 17.9 Å². The molecule has 0 spiro atoms. The van der Waals surface area contributed by atoms with Crippen LogP contribution in [0.15, 0.2) is 59.5 Å². The van der Waals surface area contributed by atoms with Gasteiger partial charge >= 0.3 is 4.46 Å². The van der Waals surface area contributed by atoms with E-state index >= 15 is 0 Å². The van der Waals surface area contributed by atoms with E-state index in [2.05, 4.69) is 0 Å². The highest BCUT2D eigenvalue weighted by Gasteiger charge is 2.50. The standard InChI is InChI=1S/C15H14ClFO3S/c1-11-7-9-12(10-8-11)14(18)15(16,17)21(19,20)13-5-3-2-4-6-13/h2-10,14,18H,1H3. The zero-order valence-corrected chi connectivity index (χ0v) is 12.8. The molecule has 0 saturated heterocycles. The molecule has 21 heavy (non-hydrogen) atoms. The number of aryl methyl sites for hydroxylation is 1. The van der Waals surface area contributed by atoms with Crippen molar-refractivity contribution in [3.05, 3.63) is 65.7 Å². The van der Waals surface area contributed by atoms with Gasteiger partial charge in [-0.1, -0.05) is 59.6 Å². The molecule has 2 atom stereocenters. The Morgan fingerprint density at radius 3 is 2.14 bits per heavy atom. The van der Waals surface area contributed by atoms with Crippen molar-refractivity contribution in [2.75, 3.05) is 0 Å². The van der Waals surface area contributed by atoms with Crippen LogP contribution < -0.4 is 0 Å². The molecule has 0 aliphatic rings. The van der Waals surface area contributed by atoms with Crippen LogP contribution in [0.2, 0.25) is 0 Å². The zero-order valence-electron chi connectivity index (χ0n) is 11.2. The summed E-state index contributed by atoms with van der Waals surface area (Å²) in [6, 6.07) is 13.1. The molecule has 1 N–H and O–H groups in total. The Morgan fingerprint density at radius 1 is 1.10 bits per heavy atom. The Balaban J connectivity index is 2.43. The van der Waals surface area contributed by atoms with Crippen LogP contribution in [-0.2, 0) is 9.84 Å². The Kier molecular flexibility index (Phi) is 4.37. The first-order valence-corrected chi connectivity index (χ1v) is 8.05. The van der Waals surface area contributed by atoms with Crippen molar-refractivity contribution >= 4 is 21.4 Å². The summed E-state index contributed by atoms with van der Waals surface area (Å²) in [6.45, 7) is 1.82. The molecule has 2 unspecified atom stereocenters. The smallest absolute Gasteiger partial charge is 0.317 e. The summed E-state index contributed by atoms with van der Waals surface area (Å²) >= 11 is 5.58. The normalized spacial score (nSPS) is 16.2. The first-order valence-electron chi connectivity index (χ1n) is 6.19. The van der Waals surface area contributed by atoms with Gasteiger partial charge in [0.05, 0.1) is 4.90 Å². The lowest BCUT2D eigenvalue weighted by atomic mass is 10.1. The predicted octanol–water partition coefficient (Wildman–Crippen LogP) is 3.36. The SMILES string of the molecule is Cc1ccc(C(O)C(F)(Cl)S(=O)(=O)c2ccccc2)cc1. The molecule has 0 aliphatic carbocycles. The molecule has 6 heteroatoms. The number of sulfone groups is 1. The van der Waals surface area contributed by atoms with Gasteiger partial charge in [0.15, 0.2) is 0 Å². The number of aliphatic hydroxyl groups excluding tert-OH is 1. The van der Waals surface area contributed by atoms with Gasteiger partial charge in [0, 0.05) is 0 Å².